The van der Waals surface area contributed by atoms with Gasteiger partial charge in [0.2, 0.25) is 17.8 Å². The van der Waals surface area contributed by atoms with Gasteiger partial charge in [-0.05, 0) is 30.3 Å². The fourth-order valence-corrected chi connectivity index (χ4v) is 3.61. The Bertz CT molecular complexity index is 1260. The first-order chi connectivity index (χ1) is 14.8. The molecule has 1 aliphatic rings. The molecule has 2 heterocycles. The summed E-state index contributed by atoms with van der Waals surface area (Å²) in [5, 5.41) is 8.47. The maximum atomic E-state index is 13.9. The van der Waals surface area contributed by atoms with Crippen LogP contribution in [0.3, 0.4) is 0 Å². The Morgan fingerprint density at radius 3 is 2.65 bits per heavy atom. The summed E-state index contributed by atoms with van der Waals surface area (Å²) in [6, 6.07) is 10.3. The lowest BCUT2D eigenvalue weighted by Crippen LogP contribution is -2.36. The summed E-state index contributed by atoms with van der Waals surface area (Å²) in [6.07, 6.45) is -0.284. The third-order valence-corrected chi connectivity index (χ3v) is 5.13. The molecule has 1 aliphatic heterocycles. The number of carbonyl (C=O) groups excluding carboxylic acids is 2. The second-order valence-corrected chi connectivity index (χ2v) is 7.54. The van der Waals surface area contributed by atoms with Crippen molar-refractivity contribution in [1.29, 1.82) is 0 Å². The van der Waals surface area contributed by atoms with Gasteiger partial charge in [0.25, 0.3) is 5.56 Å². The monoisotopic (exact) mass is 461 g/mol. The number of nitrogens with zero attached hydrogens (tertiary/aromatic N) is 1. The van der Waals surface area contributed by atoms with E-state index in [2.05, 4.69) is 25.9 Å². The Morgan fingerprint density at radius 1 is 1.13 bits per heavy atom. The van der Waals surface area contributed by atoms with E-state index in [9.17, 15) is 18.8 Å². The Kier molecular flexibility index (Phi) is 5.62. The van der Waals surface area contributed by atoms with Crippen molar-refractivity contribution in [2.75, 3.05) is 16.0 Å². The Labute approximate surface area is 184 Å². The molecule has 0 aliphatic carbocycles. The summed E-state index contributed by atoms with van der Waals surface area (Å²) in [4.78, 5) is 44.4. The molecule has 4 rings (SSSR count). The number of carbonyl (C=O) groups is 2. The van der Waals surface area contributed by atoms with Gasteiger partial charge in [0.1, 0.15) is 11.6 Å². The van der Waals surface area contributed by atoms with Gasteiger partial charge in [-0.25, -0.2) is 4.39 Å². The average Bonchev–Trinajstić information content (AvgIpc) is 2.71. The highest BCUT2D eigenvalue weighted by Crippen LogP contribution is 2.31. The molecule has 158 valence electrons. The lowest BCUT2D eigenvalue weighted by Gasteiger charge is -2.23. The third kappa shape index (κ3) is 4.37. The number of H-pyrrole nitrogens is 1. The highest BCUT2D eigenvalue weighted by atomic mass is 35.5. The molecule has 4 N–H and O–H groups in total. The summed E-state index contributed by atoms with van der Waals surface area (Å²) in [5.41, 5.74) is -0.294. The van der Waals surface area contributed by atoms with E-state index < -0.39 is 29.1 Å². The van der Waals surface area contributed by atoms with E-state index in [1.165, 1.54) is 24.3 Å². The van der Waals surface area contributed by atoms with Crippen LogP contribution in [0, 0.1) is 5.82 Å². The predicted octanol–water partition coefficient (Wildman–Crippen LogP) is 4.02. The number of amides is 2. The van der Waals surface area contributed by atoms with Crippen LogP contribution in [-0.2, 0) is 9.59 Å². The molecule has 1 aromatic heterocycles. The fraction of sp³-hybridized carbons (Fsp3) is 0.100. The van der Waals surface area contributed by atoms with Gasteiger partial charge in [-0.1, -0.05) is 35.3 Å². The van der Waals surface area contributed by atoms with E-state index in [1.54, 1.807) is 18.2 Å². The lowest BCUT2D eigenvalue weighted by molar-refractivity contribution is -0.123. The first-order valence-corrected chi connectivity index (χ1v) is 9.79. The largest absolute Gasteiger partial charge is 0.324 e. The van der Waals surface area contributed by atoms with Crippen molar-refractivity contribution in [3.63, 3.8) is 0 Å². The van der Waals surface area contributed by atoms with E-state index in [0.29, 0.717) is 15.7 Å². The summed E-state index contributed by atoms with van der Waals surface area (Å²) >= 11 is 12.0. The molecule has 11 heteroatoms. The molecule has 0 radical (unpaired) electrons. The van der Waals surface area contributed by atoms with Crippen LogP contribution in [-0.4, -0.2) is 21.8 Å². The van der Waals surface area contributed by atoms with Gasteiger partial charge in [-0.3, -0.25) is 19.4 Å². The average molecular weight is 462 g/mol. The second kappa shape index (κ2) is 8.37. The normalized spacial score (nSPS) is 15.1. The zero-order chi connectivity index (χ0) is 22.1. The predicted molar refractivity (Wildman–Crippen MR) is 116 cm³/mol. The highest BCUT2D eigenvalue weighted by Gasteiger charge is 2.35. The maximum absolute atomic E-state index is 13.9. The summed E-state index contributed by atoms with van der Waals surface area (Å²) < 4.78 is 13.9. The van der Waals surface area contributed by atoms with Crippen LogP contribution < -0.4 is 21.5 Å². The van der Waals surface area contributed by atoms with Gasteiger partial charge < -0.3 is 16.0 Å². The van der Waals surface area contributed by atoms with E-state index in [-0.39, 0.29) is 29.4 Å². The molecule has 1 atom stereocenters. The second-order valence-electron chi connectivity index (χ2n) is 6.70. The van der Waals surface area contributed by atoms with Crippen molar-refractivity contribution in [3.05, 3.63) is 74.2 Å². The number of hydrogen-bond acceptors (Lipinski definition) is 5. The van der Waals surface area contributed by atoms with Crippen molar-refractivity contribution in [2.45, 2.75) is 12.3 Å². The Hall–Kier alpha value is -3.43. The molecule has 2 aromatic carbocycles. The zero-order valence-corrected chi connectivity index (χ0v) is 17.1. The Balaban J connectivity index is 1.66. The SMILES string of the molecule is O=C1CC(C(=O)Nc2ccccc2F)c2c(nc(Nc3ccc(Cl)cc3Cl)[nH]c2=O)N1. The first kappa shape index (κ1) is 20.8. The van der Waals surface area contributed by atoms with Gasteiger partial charge in [0.15, 0.2) is 0 Å². The van der Waals surface area contributed by atoms with Crippen LogP contribution in [0.1, 0.15) is 17.9 Å². The molecule has 0 saturated carbocycles. The number of rotatable bonds is 4. The van der Waals surface area contributed by atoms with Crippen LogP contribution in [0.2, 0.25) is 10.0 Å². The van der Waals surface area contributed by atoms with E-state index >= 15 is 0 Å². The van der Waals surface area contributed by atoms with Crippen LogP contribution in [0.15, 0.2) is 47.3 Å². The third-order valence-electron chi connectivity index (χ3n) is 4.58. The van der Waals surface area contributed by atoms with Crippen LogP contribution in [0.5, 0.6) is 0 Å². The number of aromatic nitrogens is 2. The molecule has 0 fully saturated rings. The van der Waals surface area contributed by atoms with Gasteiger partial charge in [0, 0.05) is 11.4 Å². The quantitative estimate of drug-likeness (QED) is 0.468. The summed E-state index contributed by atoms with van der Waals surface area (Å²) in [6.45, 7) is 0. The topological polar surface area (TPSA) is 116 Å². The van der Waals surface area contributed by atoms with Crippen LogP contribution >= 0.6 is 23.2 Å². The number of fused-ring (bicyclic) bond motifs is 1. The summed E-state index contributed by atoms with van der Waals surface area (Å²) in [7, 11) is 0. The minimum Gasteiger partial charge on any atom is -0.324 e. The molecule has 0 spiro atoms. The number of nitrogens with one attached hydrogen (secondary N) is 4. The molecule has 8 nitrogen and oxygen atoms in total. The van der Waals surface area contributed by atoms with E-state index in [1.807, 2.05) is 0 Å². The minimum atomic E-state index is -1.15. The maximum Gasteiger partial charge on any atom is 0.258 e. The molecule has 0 saturated heterocycles. The number of aromatic amines is 1. The van der Waals surface area contributed by atoms with Gasteiger partial charge in [0.05, 0.1) is 27.9 Å². The molecule has 1 unspecified atom stereocenters. The lowest BCUT2D eigenvalue weighted by atomic mass is 9.92. The van der Waals surface area contributed by atoms with Crippen LogP contribution in [0.4, 0.5) is 27.5 Å². The molecule has 0 bridgehead atoms. The van der Waals surface area contributed by atoms with Crippen molar-refractivity contribution < 1.29 is 14.0 Å². The zero-order valence-electron chi connectivity index (χ0n) is 15.6. The number of halogens is 3. The molecule has 31 heavy (non-hydrogen) atoms. The molecule has 2 amide bonds. The molecular weight excluding hydrogens is 448 g/mol. The number of anilines is 4. The number of hydrogen-bond donors (Lipinski definition) is 4. The highest BCUT2D eigenvalue weighted by molar-refractivity contribution is 6.36. The van der Waals surface area contributed by atoms with Crippen molar-refractivity contribution in [1.82, 2.24) is 9.97 Å². The fourth-order valence-electron chi connectivity index (χ4n) is 3.16. The van der Waals surface area contributed by atoms with Gasteiger partial charge in [-0.15, -0.1) is 0 Å². The van der Waals surface area contributed by atoms with Crippen molar-refractivity contribution in [3.8, 4) is 0 Å². The van der Waals surface area contributed by atoms with Crippen molar-refractivity contribution >= 4 is 58.2 Å². The number of benzene rings is 2. The van der Waals surface area contributed by atoms with E-state index in [4.69, 9.17) is 23.2 Å². The molecular formula is C20H14Cl2FN5O3. The van der Waals surface area contributed by atoms with Gasteiger partial charge in [-0.2, -0.15) is 4.98 Å². The Morgan fingerprint density at radius 2 is 1.90 bits per heavy atom. The number of para-hydroxylation sites is 1. The van der Waals surface area contributed by atoms with Crippen LogP contribution in [0.25, 0.3) is 0 Å². The van der Waals surface area contributed by atoms with Gasteiger partial charge >= 0.3 is 0 Å². The van der Waals surface area contributed by atoms with E-state index in [0.717, 1.165) is 0 Å². The first-order valence-electron chi connectivity index (χ1n) is 9.03. The molecule has 3 aromatic rings. The minimum absolute atomic E-state index is 0.00318. The van der Waals surface area contributed by atoms with Crippen molar-refractivity contribution in [2.24, 2.45) is 0 Å². The summed E-state index contributed by atoms with van der Waals surface area (Å²) in [5.74, 6) is -3.05. The smallest absolute Gasteiger partial charge is 0.258 e. The standard InChI is InChI=1S/C20H14Cl2FN5O3/c21-9-5-6-13(11(22)7-9)25-20-27-17-16(19(31)28-20)10(8-15(29)26-17)18(30)24-14-4-2-1-3-12(14)23/h1-7,10H,8H2,(H,24,30)(H3,25,26,27,28,29,31).